The zero-order valence-electron chi connectivity index (χ0n) is 10.3. The van der Waals surface area contributed by atoms with E-state index in [0.717, 1.165) is 5.69 Å². The van der Waals surface area contributed by atoms with Crippen LogP contribution in [0.5, 0.6) is 0 Å². The Hall–Kier alpha value is -2.56. The summed E-state index contributed by atoms with van der Waals surface area (Å²) in [6.07, 6.45) is 1.32. The minimum Gasteiger partial charge on any atom is -0.450 e. The number of carbonyl (C=O) groups excluding carboxylic acids is 2. The van der Waals surface area contributed by atoms with E-state index in [2.05, 4.69) is 5.32 Å². The number of nitrogens with one attached hydrogen (secondary N) is 1. The van der Waals surface area contributed by atoms with Crippen molar-refractivity contribution in [1.82, 2.24) is 4.57 Å². The molecule has 2 aromatic rings. The summed E-state index contributed by atoms with van der Waals surface area (Å²) in [4.78, 5) is 23.5. The van der Waals surface area contributed by atoms with Crippen LogP contribution in [-0.4, -0.2) is 23.1 Å². The molecule has 3 rings (SSSR count). The van der Waals surface area contributed by atoms with Crippen molar-refractivity contribution in [2.75, 3.05) is 11.9 Å². The Labute approximate surface area is 109 Å². The van der Waals surface area contributed by atoms with Crippen molar-refractivity contribution in [2.45, 2.75) is 6.92 Å². The molecule has 0 bridgehead atoms. The van der Waals surface area contributed by atoms with Crippen LogP contribution in [-0.2, 0) is 4.74 Å². The molecule has 1 amide bonds. The van der Waals surface area contributed by atoms with E-state index in [-0.39, 0.29) is 5.78 Å². The fraction of sp³-hybridized carbons (Fsp3) is 0.143. The number of hydrogen-bond acceptors (Lipinski definition) is 3. The Balaban J connectivity index is 1.93. The van der Waals surface area contributed by atoms with Crippen molar-refractivity contribution >= 4 is 17.6 Å². The Morgan fingerprint density at radius 2 is 2.21 bits per heavy atom. The first kappa shape index (κ1) is 11.5. The molecule has 2 heterocycles. The van der Waals surface area contributed by atoms with Crippen molar-refractivity contribution in [3.8, 4) is 5.69 Å². The quantitative estimate of drug-likeness (QED) is 0.766. The van der Waals surface area contributed by atoms with Crippen molar-refractivity contribution < 1.29 is 14.3 Å². The number of ketones is 1. The minimum atomic E-state index is -0.521. The standard InChI is InChI=1S/C14H12N2O3/c1-2-19-14(18)15-9-5-6-11-10(8-9)13(17)12-4-3-7-16(11)12/h3-8H,2H2,1H3,(H,15,18). The molecule has 0 atom stereocenters. The van der Waals surface area contributed by atoms with Gasteiger partial charge in [0.25, 0.3) is 0 Å². The van der Waals surface area contributed by atoms with E-state index in [1.165, 1.54) is 0 Å². The van der Waals surface area contributed by atoms with Gasteiger partial charge in [0, 0.05) is 11.9 Å². The molecule has 0 saturated heterocycles. The van der Waals surface area contributed by atoms with Crippen molar-refractivity contribution in [1.29, 1.82) is 0 Å². The molecule has 0 radical (unpaired) electrons. The molecule has 0 unspecified atom stereocenters. The fourth-order valence-corrected chi connectivity index (χ4v) is 2.20. The summed E-state index contributed by atoms with van der Waals surface area (Å²) in [7, 11) is 0. The number of fused-ring (bicyclic) bond motifs is 3. The second-order valence-corrected chi connectivity index (χ2v) is 4.17. The van der Waals surface area contributed by atoms with E-state index in [0.29, 0.717) is 23.6 Å². The molecule has 96 valence electrons. The molecule has 1 aliphatic rings. The predicted octanol–water partition coefficient (Wildman–Crippen LogP) is 2.59. The lowest BCUT2D eigenvalue weighted by Gasteiger charge is -2.07. The fourth-order valence-electron chi connectivity index (χ4n) is 2.20. The predicted molar refractivity (Wildman–Crippen MR) is 69.8 cm³/mol. The lowest BCUT2D eigenvalue weighted by molar-refractivity contribution is 0.104. The molecule has 5 nitrogen and oxygen atoms in total. The van der Waals surface area contributed by atoms with Crippen LogP contribution >= 0.6 is 0 Å². The van der Waals surface area contributed by atoms with Gasteiger partial charge in [0.1, 0.15) is 0 Å². The average molecular weight is 256 g/mol. The molecule has 1 aromatic carbocycles. The van der Waals surface area contributed by atoms with Gasteiger partial charge in [-0.25, -0.2) is 4.79 Å². The third-order valence-corrected chi connectivity index (χ3v) is 3.00. The van der Waals surface area contributed by atoms with Gasteiger partial charge in [0.05, 0.1) is 23.6 Å². The monoisotopic (exact) mass is 256 g/mol. The lowest BCUT2D eigenvalue weighted by Crippen LogP contribution is -2.13. The highest BCUT2D eigenvalue weighted by atomic mass is 16.5. The van der Waals surface area contributed by atoms with Crippen LogP contribution in [0.3, 0.4) is 0 Å². The van der Waals surface area contributed by atoms with Gasteiger partial charge in [-0.05, 0) is 37.3 Å². The highest BCUT2D eigenvalue weighted by molar-refractivity contribution is 6.14. The van der Waals surface area contributed by atoms with Crippen molar-refractivity contribution in [3.05, 3.63) is 47.8 Å². The number of amides is 1. The van der Waals surface area contributed by atoms with Gasteiger partial charge in [-0.3, -0.25) is 10.1 Å². The maximum Gasteiger partial charge on any atom is 0.411 e. The van der Waals surface area contributed by atoms with Gasteiger partial charge in [-0.15, -0.1) is 0 Å². The van der Waals surface area contributed by atoms with Crippen LogP contribution in [0.4, 0.5) is 10.5 Å². The highest BCUT2D eigenvalue weighted by Gasteiger charge is 2.26. The van der Waals surface area contributed by atoms with Crippen LogP contribution in [0.2, 0.25) is 0 Å². The van der Waals surface area contributed by atoms with Gasteiger partial charge >= 0.3 is 6.09 Å². The minimum absolute atomic E-state index is 0.0347. The normalized spacial score (nSPS) is 11.9. The number of aromatic nitrogens is 1. The number of anilines is 1. The van der Waals surface area contributed by atoms with Crippen LogP contribution in [0.15, 0.2) is 36.5 Å². The summed E-state index contributed by atoms with van der Waals surface area (Å²) >= 11 is 0. The van der Waals surface area contributed by atoms with E-state index in [1.807, 2.05) is 22.9 Å². The zero-order chi connectivity index (χ0) is 13.4. The number of hydrogen-bond donors (Lipinski definition) is 1. The SMILES string of the molecule is CCOC(=O)Nc1ccc2c(c1)C(=O)c1cccn1-2. The summed E-state index contributed by atoms with van der Waals surface area (Å²) in [6.45, 7) is 2.04. The molecule has 19 heavy (non-hydrogen) atoms. The van der Waals surface area contributed by atoms with E-state index >= 15 is 0 Å². The van der Waals surface area contributed by atoms with Crippen LogP contribution < -0.4 is 5.32 Å². The van der Waals surface area contributed by atoms with E-state index in [1.54, 1.807) is 25.1 Å². The van der Waals surface area contributed by atoms with Crippen LogP contribution in [0.1, 0.15) is 23.0 Å². The van der Waals surface area contributed by atoms with E-state index < -0.39 is 6.09 Å². The number of nitrogens with zero attached hydrogens (tertiary/aromatic N) is 1. The third kappa shape index (κ3) is 1.79. The zero-order valence-corrected chi connectivity index (χ0v) is 10.3. The summed E-state index contributed by atoms with van der Waals surface area (Å²) in [5.41, 5.74) is 2.61. The first-order chi connectivity index (χ1) is 9.20. The maximum atomic E-state index is 12.1. The van der Waals surface area contributed by atoms with Crippen LogP contribution in [0, 0.1) is 0 Å². The molecular formula is C14H12N2O3. The van der Waals surface area contributed by atoms with Gasteiger partial charge in [-0.1, -0.05) is 0 Å². The number of rotatable bonds is 2. The molecule has 0 saturated carbocycles. The second-order valence-electron chi connectivity index (χ2n) is 4.17. The topological polar surface area (TPSA) is 60.3 Å². The number of carbonyl (C=O) groups is 2. The lowest BCUT2D eigenvalue weighted by atomic mass is 10.1. The molecular weight excluding hydrogens is 244 g/mol. The number of ether oxygens (including phenoxy) is 1. The smallest absolute Gasteiger partial charge is 0.411 e. The van der Waals surface area contributed by atoms with Gasteiger partial charge in [0.15, 0.2) is 0 Å². The Kier molecular flexibility index (Phi) is 2.59. The van der Waals surface area contributed by atoms with Gasteiger partial charge in [0.2, 0.25) is 5.78 Å². The molecule has 1 N–H and O–H groups in total. The van der Waals surface area contributed by atoms with Crippen molar-refractivity contribution in [3.63, 3.8) is 0 Å². The Morgan fingerprint density at radius 3 is 3.00 bits per heavy atom. The maximum absolute atomic E-state index is 12.1. The summed E-state index contributed by atoms with van der Waals surface area (Å²) in [6, 6.07) is 8.84. The second kappa shape index (κ2) is 4.28. The highest BCUT2D eigenvalue weighted by Crippen LogP contribution is 2.30. The van der Waals surface area contributed by atoms with Crippen molar-refractivity contribution in [2.24, 2.45) is 0 Å². The molecule has 0 spiro atoms. The summed E-state index contributed by atoms with van der Waals surface area (Å²) in [5.74, 6) is -0.0347. The molecule has 1 aliphatic heterocycles. The summed E-state index contributed by atoms with van der Waals surface area (Å²) < 4.78 is 6.64. The third-order valence-electron chi connectivity index (χ3n) is 3.00. The molecule has 0 aliphatic carbocycles. The van der Waals surface area contributed by atoms with E-state index in [9.17, 15) is 9.59 Å². The molecule has 5 heteroatoms. The first-order valence-corrected chi connectivity index (χ1v) is 6.01. The first-order valence-electron chi connectivity index (χ1n) is 6.01. The molecule has 1 aromatic heterocycles. The van der Waals surface area contributed by atoms with Crippen LogP contribution in [0.25, 0.3) is 5.69 Å². The Bertz CT molecular complexity index is 673. The summed E-state index contributed by atoms with van der Waals surface area (Å²) in [5, 5.41) is 2.59. The van der Waals surface area contributed by atoms with E-state index in [4.69, 9.17) is 4.74 Å². The van der Waals surface area contributed by atoms with Gasteiger partial charge < -0.3 is 9.30 Å². The van der Waals surface area contributed by atoms with Gasteiger partial charge in [-0.2, -0.15) is 0 Å². The largest absolute Gasteiger partial charge is 0.450 e. The molecule has 0 fully saturated rings. The Morgan fingerprint density at radius 1 is 1.37 bits per heavy atom. The average Bonchev–Trinajstić information content (AvgIpc) is 2.94. The number of benzene rings is 1.